The van der Waals surface area contributed by atoms with E-state index >= 15 is 0 Å². The van der Waals surface area contributed by atoms with Crippen LogP contribution in [0, 0.1) is 27.7 Å². The van der Waals surface area contributed by atoms with Crippen molar-refractivity contribution in [3.8, 4) is 0 Å². The number of aryl methyl sites for hydroxylation is 4. The molecule has 0 amide bonds. The highest BCUT2D eigenvalue weighted by Crippen LogP contribution is 2.33. The van der Waals surface area contributed by atoms with Crippen LogP contribution in [0.3, 0.4) is 0 Å². The molecule has 4 N–H and O–H groups in total. The van der Waals surface area contributed by atoms with E-state index in [9.17, 15) is 20.4 Å². The molecule has 28 heavy (non-hydrogen) atoms. The van der Waals surface area contributed by atoms with Crippen molar-refractivity contribution in [2.75, 3.05) is 0 Å². The predicted molar refractivity (Wildman–Crippen MR) is 112 cm³/mol. The van der Waals surface area contributed by atoms with E-state index in [1.807, 2.05) is 64.1 Å². The highest BCUT2D eigenvalue weighted by Gasteiger charge is 2.25. The zero-order chi connectivity index (χ0) is 20.6. The van der Waals surface area contributed by atoms with Gasteiger partial charge in [0.15, 0.2) is 0 Å². The van der Waals surface area contributed by atoms with Gasteiger partial charge >= 0.3 is 0 Å². The van der Waals surface area contributed by atoms with Crippen LogP contribution in [0.1, 0.15) is 56.7 Å². The monoisotopic (exact) mass is 380 g/mol. The van der Waals surface area contributed by atoms with Crippen LogP contribution in [0.5, 0.6) is 0 Å². The average Bonchev–Trinajstić information content (AvgIpc) is 2.67. The molecular formula is C24H28O4. The topological polar surface area (TPSA) is 80.9 Å². The Kier molecular flexibility index (Phi) is 5.87. The second-order valence-electron chi connectivity index (χ2n) is 7.64. The van der Waals surface area contributed by atoms with Crippen molar-refractivity contribution in [3.63, 3.8) is 0 Å². The second-order valence-corrected chi connectivity index (χ2v) is 7.64. The standard InChI is InChI=1S/2C12H14O2/c2*1-7-3-4-8(2)11-9(7)5-6-10(13)12(11)14/h2*3-6,10,12-14H,1-2H3. The molecule has 4 unspecified atom stereocenters. The van der Waals surface area contributed by atoms with Gasteiger partial charge in [-0.15, -0.1) is 0 Å². The van der Waals surface area contributed by atoms with Gasteiger partial charge in [-0.25, -0.2) is 0 Å². The zero-order valence-electron chi connectivity index (χ0n) is 16.7. The number of hydrogen-bond donors (Lipinski definition) is 4. The number of benzene rings is 2. The van der Waals surface area contributed by atoms with Crippen LogP contribution in [0.2, 0.25) is 0 Å². The summed E-state index contributed by atoms with van der Waals surface area (Å²) in [4.78, 5) is 0. The minimum atomic E-state index is -0.783. The summed E-state index contributed by atoms with van der Waals surface area (Å²) in [6.45, 7) is 7.92. The third-order valence-corrected chi connectivity index (χ3v) is 5.61. The van der Waals surface area contributed by atoms with Gasteiger partial charge < -0.3 is 20.4 Å². The maximum atomic E-state index is 9.83. The first-order valence-corrected chi connectivity index (χ1v) is 9.51. The van der Waals surface area contributed by atoms with Crippen LogP contribution in [-0.2, 0) is 0 Å². The van der Waals surface area contributed by atoms with E-state index in [1.54, 1.807) is 12.2 Å². The quantitative estimate of drug-likeness (QED) is 0.564. The molecule has 0 saturated heterocycles. The fourth-order valence-corrected chi connectivity index (χ4v) is 3.88. The summed E-state index contributed by atoms with van der Waals surface area (Å²) >= 11 is 0. The average molecular weight is 380 g/mol. The first-order chi connectivity index (χ1) is 13.2. The molecule has 0 fully saturated rings. The molecule has 0 aliphatic heterocycles. The molecule has 2 aromatic rings. The van der Waals surface area contributed by atoms with E-state index in [4.69, 9.17) is 0 Å². The normalized spacial score (nSPS) is 24.9. The number of aliphatic hydroxyl groups excluding tert-OH is 4. The summed E-state index contributed by atoms with van der Waals surface area (Å²) in [5, 5.41) is 38.7. The van der Waals surface area contributed by atoms with Crippen molar-refractivity contribution in [2.45, 2.75) is 52.1 Å². The summed E-state index contributed by atoms with van der Waals surface area (Å²) in [6.07, 6.45) is 3.93. The molecular weight excluding hydrogens is 352 g/mol. The van der Waals surface area contributed by atoms with Crippen LogP contribution in [0.25, 0.3) is 12.2 Å². The fraction of sp³-hybridized carbons (Fsp3) is 0.333. The number of hydrogen-bond acceptors (Lipinski definition) is 4. The molecule has 0 bridgehead atoms. The highest BCUT2D eigenvalue weighted by atomic mass is 16.3. The van der Waals surface area contributed by atoms with Gasteiger partial charge in [0.05, 0.1) is 0 Å². The molecule has 0 saturated carbocycles. The molecule has 4 heteroatoms. The molecule has 0 heterocycles. The van der Waals surface area contributed by atoms with E-state index in [1.165, 1.54) is 0 Å². The van der Waals surface area contributed by atoms with Crippen molar-refractivity contribution >= 4 is 12.2 Å². The maximum absolute atomic E-state index is 9.83. The largest absolute Gasteiger partial charge is 0.386 e. The Morgan fingerprint density at radius 3 is 1.21 bits per heavy atom. The van der Waals surface area contributed by atoms with Crippen molar-refractivity contribution in [1.29, 1.82) is 0 Å². The van der Waals surface area contributed by atoms with Gasteiger partial charge in [0.1, 0.15) is 24.4 Å². The Morgan fingerprint density at radius 2 is 0.857 bits per heavy atom. The Labute approximate surface area is 166 Å². The Morgan fingerprint density at radius 1 is 0.536 bits per heavy atom. The summed E-state index contributed by atoms with van der Waals surface area (Å²) in [6, 6.07) is 8.01. The second kappa shape index (κ2) is 8.02. The van der Waals surface area contributed by atoms with Crippen molar-refractivity contribution in [3.05, 3.63) is 80.9 Å². The maximum Gasteiger partial charge on any atom is 0.109 e. The zero-order valence-corrected chi connectivity index (χ0v) is 16.7. The summed E-state index contributed by atoms with van der Waals surface area (Å²) < 4.78 is 0. The smallest absolute Gasteiger partial charge is 0.109 e. The van der Waals surface area contributed by atoms with Gasteiger partial charge in [0.2, 0.25) is 0 Å². The van der Waals surface area contributed by atoms with Crippen molar-refractivity contribution in [2.24, 2.45) is 0 Å². The lowest BCUT2D eigenvalue weighted by Gasteiger charge is -2.24. The SMILES string of the molecule is Cc1ccc(C)c2c1C=CC(O)C2O.Cc1ccc(C)c2c1C=CC(O)C2O. The van der Waals surface area contributed by atoms with Crippen LogP contribution in [0.4, 0.5) is 0 Å². The molecule has 0 aromatic heterocycles. The third-order valence-electron chi connectivity index (χ3n) is 5.61. The van der Waals surface area contributed by atoms with E-state index in [0.717, 1.165) is 44.5 Å². The molecule has 4 atom stereocenters. The van der Waals surface area contributed by atoms with Gasteiger partial charge in [0, 0.05) is 0 Å². The number of fused-ring (bicyclic) bond motifs is 2. The summed E-state index contributed by atoms with van der Waals surface area (Å²) in [5.74, 6) is 0. The minimum absolute atomic E-state index is 0.775. The molecule has 4 nitrogen and oxygen atoms in total. The van der Waals surface area contributed by atoms with E-state index in [2.05, 4.69) is 0 Å². The first-order valence-electron chi connectivity index (χ1n) is 9.51. The number of aliphatic hydroxyl groups is 4. The van der Waals surface area contributed by atoms with Gasteiger partial charge in [0.25, 0.3) is 0 Å². The molecule has 2 aromatic carbocycles. The number of rotatable bonds is 0. The van der Waals surface area contributed by atoms with E-state index in [-0.39, 0.29) is 0 Å². The predicted octanol–water partition coefficient (Wildman–Crippen LogP) is 3.45. The van der Waals surface area contributed by atoms with Crippen LogP contribution in [-0.4, -0.2) is 32.6 Å². The molecule has 2 aliphatic carbocycles. The van der Waals surface area contributed by atoms with Crippen LogP contribution < -0.4 is 0 Å². The van der Waals surface area contributed by atoms with Gasteiger partial charge in [-0.1, -0.05) is 48.6 Å². The lowest BCUT2D eigenvalue weighted by atomic mass is 9.87. The summed E-state index contributed by atoms with van der Waals surface area (Å²) in [7, 11) is 0. The lowest BCUT2D eigenvalue weighted by Crippen LogP contribution is -2.21. The van der Waals surface area contributed by atoms with Gasteiger partial charge in [-0.3, -0.25) is 0 Å². The highest BCUT2D eigenvalue weighted by molar-refractivity contribution is 5.64. The third kappa shape index (κ3) is 3.69. The molecule has 148 valence electrons. The van der Waals surface area contributed by atoms with Crippen LogP contribution >= 0.6 is 0 Å². The lowest BCUT2D eigenvalue weighted by molar-refractivity contribution is 0.0465. The van der Waals surface area contributed by atoms with E-state index < -0.39 is 24.4 Å². The fourth-order valence-electron chi connectivity index (χ4n) is 3.88. The molecule has 0 spiro atoms. The minimum Gasteiger partial charge on any atom is -0.386 e. The van der Waals surface area contributed by atoms with Crippen molar-refractivity contribution < 1.29 is 20.4 Å². The van der Waals surface area contributed by atoms with Gasteiger partial charge in [-0.2, -0.15) is 0 Å². The molecule has 0 radical (unpaired) electrons. The van der Waals surface area contributed by atoms with Crippen LogP contribution in [0.15, 0.2) is 36.4 Å². The van der Waals surface area contributed by atoms with Gasteiger partial charge in [-0.05, 0) is 72.2 Å². The Balaban J connectivity index is 0.000000161. The molecule has 4 rings (SSSR count). The van der Waals surface area contributed by atoms with E-state index in [0.29, 0.717) is 0 Å². The Bertz CT molecular complexity index is 865. The van der Waals surface area contributed by atoms with Crippen molar-refractivity contribution in [1.82, 2.24) is 0 Å². The summed E-state index contributed by atoms with van der Waals surface area (Å²) in [5.41, 5.74) is 8.13. The Hall–Kier alpha value is -2.24. The molecule has 2 aliphatic rings. The first kappa shape index (κ1) is 20.5.